The maximum atomic E-state index is 14.9. The Balaban J connectivity index is 2.07. The molecular weight excluding hydrogens is 413 g/mol. The maximum absolute atomic E-state index is 14.9. The van der Waals surface area contributed by atoms with Crippen molar-refractivity contribution < 1.29 is 4.39 Å². The van der Waals surface area contributed by atoms with Crippen molar-refractivity contribution in [1.82, 2.24) is 20.2 Å². The van der Waals surface area contributed by atoms with E-state index >= 15 is 0 Å². The van der Waals surface area contributed by atoms with Crippen molar-refractivity contribution in [1.29, 1.82) is 0 Å². The second-order valence-electron chi connectivity index (χ2n) is 6.18. The van der Waals surface area contributed by atoms with Crippen LogP contribution >= 0.6 is 15.9 Å². The number of rotatable bonds is 1. The Morgan fingerprint density at radius 1 is 1.11 bits per heavy atom. The van der Waals surface area contributed by atoms with E-state index in [1.165, 1.54) is 12.3 Å². The lowest BCUT2D eigenvalue weighted by Gasteiger charge is -2.14. The third-order valence-electron chi connectivity index (χ3n) is 4.69. The quantitative estimate of drug-likeness (QED) is 0.353. The Morgan fingerprint density at radius 3 is 2.81 bits per heavy atom. The number of aromatic amines is 2. The van der Waals surface area contributed by atoms with E-state index in [-0.39, 0.29) is 11.3 Å². The third-order valence-corrected chi connectivity index (χ3v) is 5.29. The Morgan fingerprint density at radius 2 is 1.96 bits per heavy atom. The number of hydrogen-bond donors (Lipinski definition) is 3. The van der Waals surface area contributed by atoms with Crippen LogP contribution < -0.4 is 11.3 Å². The van der Waals surface area contributed by atoms with Gasteiger partial charge in [0.05, 0.1) is 22.7 Å². The van der Waals surface area contributed by atoms with Crippen molar-refractivity contribution in [3.8, 4) is 11.1 Å². The number of nitrogen functional groups attached to an aromatic ring is 1. The Kier molecular flexibility index (Phi) is 3.32. The molecule has 0 atom stereocenters. The molecule has 0 radical (unpaired) electrons. The first kappa shape index (κ1) is 16.0. The van der Waals surface area contributed by atoms with E-state index in [1.807, 2.05) is 6.07 Å². The van der Waals surface area contributed by atoms with E-state index in [0.29, 0.717) is 32.9 Å². The molecule has 3 aromatic heterocycles. The van der Waals surface area contributed by atoms with Gasteiger partial charge in [0, 0.05) is 38.0 Å². The maximum Gasteiger partial charge on any atom is 0.272 e. The number of nitrogens with two attached hydrogens (primary N) is 1. The molecule has 0 amide bonds. The monoisotopic (exact) mass is 423 g/mol. The number of H-pyrrole nitrogens is 2. The number of anilines is 1. The largest absolute Gasteiger partial charge is 0.394 e. The predicted molar refractivity (Wildman–Crippen MR) is 107 cm³/mol. The van der Waals surface area contributed by atoms with Gasteiger partial charge in [0.25, 0.3) is 5.56 Å². The molecule has 0 saturated heterocycles. The molecule has 8 heteroatoms. The summed E-state index contributed by atoms with van der Waals surface area (Å²) in [6, 6.07) is 8.35. The Hall–Kier alpha value is -3.26. The highest BCUT2D eigenvalue weighted by Crippen LogP contribution is 2.40. The molecule has 6 nitrogen and oxygen atoms in total. The minimum atomic E-state index is -0.482. The van der Waals surface area contributed by atoms with E-state index in [0.717, 1.165) is 9.86 Å². The lowest BCUT2D eigenvalue weighted by molar-refractivity contribution is 0.633. The average Bonchev–Trinajstić information content (AvgIpc) is 3.14. The summed E-state index contributed by atoms with van der Waals surface area (Å²) in [4.78, 5) is 19.8. The molecule has 132 valence electrons. The average molecular weight is 424 g/mol. The van der Waals surface area contributed by atoms with Gasteiger partial charge >= 0.3 is 0 Å². The molecule has 5 rings (SSSR count). The first-order valence-electron chi connectivity index (χ1n) is 8.07. The van der Waals surface area contributed by atoms with E-state index < -0.39 is 11.4 Å². The minimum absolute atomic E-state index is 0.0507. The molecule has 5 aromatic rings. The van der Waals surface area contributed by atoms with Gasteiger partial charge in [-0.1, -0.05) is 0 Å². The number of hydrogen-bond acceptors (Lipinski definition) is 4. The van der Waals surface area contributed by atoms with Gasteiger partial charge in [-0.15, -0.1) is 0 Å². The smallest absolute Gasteiger partial charge is 0.272 e. The fourth-order valence-electron chi connectivity index (χ4n) is 3.50. The highest BCUT2D eigenvalue weighted by molar-refractivity contribution is 9.10. The fourth-order valence-corrected chi connectivity index (χ4v) is 4.04. The van der Waals surface area contributed by atoms with Crippen LogP contribution in [0.2, 0.25) is 0 Å². The molecule has 4 N–H and O–H groups in total. The molecule has 0 bridgehead atoms. The molecule has 0 unspecified atom stereocenters. The highest BCUT2D eigenvalue weighted by Gasteiger charge is 2.21. The van der Waals surface area contributed by atoms with Gasteiger partial charge in [-0.2, -0.15) is 5.10 Å². The van der Waals surface area contributed by atoms with Crippen LogP contribution in [-0.4, -0.2) is 20.2 Å². The minimum Gasteiger partial charge on any atom is -0.394 e. The molecule has 0 aliphatic carbocycles. The molecule has 0 spiro atoms. The van der Waals surface area contributed by atoms with Crippen LogP contribution in [0.15, 0.2) is 52.0 Å². The number of nitrogens with one attached hydrogen (secondary N) is 2. The van der Waals surface area contributed by atoms with Crippen LogP contribution in [0.5, 0.6) is 0 Å². The van der Waals surface area contributed by atoms with Crippen LogP contribution in [0.25, 0.3) is 43.8 Å². The molecular formula is C19H11BrFN5O. The van der Waals surface area contributed by atoms with Gasteiger partial charge in [0.15, 0.2) is 0 Å². The summed E-state index contributed by atoms with van der Waals surface area (Å²) in [5, 5.41) is 8.71. The Bertz CT molecular complexity index is 1440. The lowest BCUT2D eigenvalue weighted by atomic mass is 9.95. The number of halogens is 2. The standard InChI is InChI=1S/C19H11BrFN5O/c20-11-6-9-15(14-10-7-24-26-13(10)4-3-12(14)21)16(22)19(27)25-17(9)8-2-1-5-23-18(8)11/h1-7H,22H2,(H,24,26)(H,25,27). The van der Waals surface area contributed by atoms with Crippen molar-refractivity contribution >= 4 is 54.3 Å². The zero-order chi connectivity index (χ0) is 18.7. The summed E-state index contributed by atoms with van der Waals surface area (Å²) in [7, 11) is 0. The van der Waals surface area contributed by atoms with Crippen LogP contribution in [0.3, 0.4) is 0 Å². The summed E-state index contributed by atoms with van der Waals surface area (Å²) in [5.74, 6) is -0.482. The van der Waals surface area contributed by atoms with Gasteiger partial charge in [-0.3, -0.25) is 14.9 Å². The fraction of sp³-hybridized carbons (Fsp3) is 0. The number of aromatic nitrogens is 4. The summed E-state index contributed by atoms with van der Waals surface area (Å²) >= 11 is 3.52. The van der Waals surface area contributed by atoms with Crippen molar-refractivity contribution in [3.05, 3.63) is 63.4 Å². The Labute approximate surface area is 159 Å². The van der Waals surface area contributed by atoms with Crippen LogP contribution in [-0.2, 0) is 0 Å². The van der Waals surface area contributed by atoms with Gasteiger partial charge in [-0.25, -0.2) is 4.39 Å². The second-order valence-corrected chi connectivity index (χ2v) is 7.03. The zero-order valence-electron chi connectivity index (χ0n) is 13.7. The number of nitrogens with zero attached hydrogens (tertiary/aromatic N) is 2. The van der Waals surface area contributed by atoms with Crippen LogP contribution in [0.4, 0.5) is 10.1 Å². The van der Waals surface area contributed by atoms with E-state index in [1.54, 1.807) is 24.4 Å². The number of benzene rings is 2. The summed E-state index contributed by atoms with van der Waals surface area (Å²) in [6.45, 7) is 0. The van der Waals surface area contributed by atoms with Gasteiger partial charge in [0.2, 0.25) is 0 Å². The van der Waals surface area contributed by atoms with E-state index in [9.17, 15) is 9.18 Å². The molecule has 3 heterocycles. The third kappa shape index (κ3) is 2.20. The first-order chi connectivity index (χ1) is 13.1. The molecule has 2 aromatic carbocycles. The second kappa shape index (κ2) is 5.62. The molecule has 0 aliphatic heterocycles. The summed E-state index contributed by atoms with van der Waals surface area (Å²) in [6.07, 6.45) is 3.19. The summed E-state index contributed by atoms with van der Waals surface area (Å²) < 4.78 is 15.6. The number of pyridine rings is 2. The topological polar surface area (TPSA) is 100 Å². The van der Waals surface area contributed by atoms with Gasteiger partial charge in [-0.05, 0) is 46.3 Å². The van der Waals surface area contributed by atoms with Crippen molar-refractivity contribution in [2.75, 3.05) is 5.73 Å². The molecule has 27 heavy (non-hydrogen) atoms. The van der Waals surface area contributed by atoms with Crippen molar-refractivity contribution in [3.63, 3.8) is 0 Å². The van der Waals surface area contributed by atoms with E-state index in [4.69, 9.17) is 5.73 Å². The van der Waals surface area contributed by atoms with Gasteiger partial charge in [0.1, 0.15) is 11.5 Å². The zero-order valence-corrected chi connectivity index (χ0v) is 15.3. The molecule has 0 saturated carbocycles. The van der Waals surface area contributed by atoms with Crippen LogP contribution in [0.1, 0.15) is 0 Å². The molecule has 0 aliphatic rings. The van der Waals surface area contributed by atoms with Crippen LogP contribution in [0, 0.1) is 5.82 Å². The SMILES string of the molecule is Nc1c(-c2c(F)ccc3[nH]ncc23)c2cc(Br)c3ncccc3c2[nH]c1=O. The lowest BCUT2D eigenvalue weighted by Crippen LogP contribution is -2.14. The summed E-state index contributed by atoms with van der Waals surface area (Å²) in [5.41, 5.74) is 8.08. The normalized spacial score (nSPS) is 11.6. The number of fused-ring (bicyclic) bond motifs is 4. The predicted octanol–water partition coefficient (Wildman–Crippen LogP) is 4.10. The molecule has 0 fully saturated rings. The van der Waals surface area contributed by atoms with Gasteiger partial charge < -0.3 is 10.7 Å². The van der Waals surface area contributed by atoms with Crippen molar-refractivity contribution in [2.24, 2.45) is 0 Å². The van der Waals surface area contributed by atoms with E-state index in [2.05, 4.69) is 36.1 Å². The first-order valence-corrected chi connectivity index (χ1v) is 8.86. The van der Waals surface area contributed by atoms with Crippen molar-refractivity contribution in [2.45, 2.75) is 0 Å². The highest BCUT2D eigenvalue weighted by atomic mass is 79.9.